The number of carbonyl (C=O) groups excluding carboxylic acids is 2. The van der Waals surface area contributed by atoms with Crippen molar-refractivity contribution in [2.45, 2.75) is 43.4 Å². The van der Waals surface area contributed by atoms with Crippen molar-refractivity contribution in [2.24, 2.45) is 0 Å². The van der Waals surface area contributed by atoms with E-state index in [-0.39, 0.29) is 17.7 Å². The molecule has 1 N–H and O–H groups in total. The Labute approximate surface area is 187 Å². The number of benzene rings is 2. The minimum absolute atomic E-state index is 0.0934. The maximum Gasteiger partial charge on any atom is 0.336 e. The van der Waals surface area contributed by atoms with E-state index in [0.717, 1.165) is 28.3 Å². The van der Waals surface area contributed by atoms with Gasteiger partial charge in [-0.25, -0.2) is 4.79 Å². The van der Waals surface area contributed by atoms with Crippen molar-refractivity contribution in [3.8, 4) is 0 Å². The van der Waals surface area contributed by atoms with Gasteiger partial charge in [-0.05, 0) is 55.7 Å². The molecule has 0 spiro atoms. The molecule has 160 valence electrons. The molecule has 2 aromatic carbocycles. The van der Waals surface area contributed by atoms with Crippen LogP contribution in [0.4, 0.5) is 0 Å². The molecule has 4 nitrogen and oxygen atoms in total. The molecule has 2 atom stereocenters. The Balaban J connectivity index is 1.79. The number of hydrogen-bond acceptors (Lipinski definition) is 5. The zero-order chi connectivity index (χ0) is 22.0. The number of carbonyl (C=O) groups is 2. The predicted octanol–water partition coefficient (Wildman–Crippen LogP) is 5.33. The van der Waals surface area contributed by atoms with Gasteiger partial charge >= 0.3 is 5.97 Å². The number of ether oxygens (including phenoxy) is 1. The summed E-state index contributed by atoms with van der Waals surface area (Å²) in [4.78, 5) is 27.5. The van der Waals surface area contributed by atoms with E-state index in [4.69, 9.17) is 4.74 Å². The van der Waals surface area contributed by atoms with Gasteiger partial charge in [-0.15, -0.1) is 11.8 Å². The van der Waals surface area contributed by atoms with E-state index >= 15 is 0 Å². The Morgan fingerprint density at radius 2 is 1.77 bits per heavy atom. The number of allylic oxidation sites excluding steroid dienone is 3. The summed E-state index contributed by atoms with van der Waals surface area (Å²) < 4.78 is 5.38. The van der Waals surface area contributed by atoms with Crippen LogP contribution in [0.15, 0.2) is 82.0 Å². The standard InChI is InChI=1S/C26H27NO3S/c1-4-30-26(29)23-16(2)27-21-14-19(17-8-6-5-7-9-17)15-22(28)25(21)24(23)18-10-12-20(31-3)13-11-18/h5-13,19,24,27H,4,14-15H2,1-3H3/t19-,24-/m1/s1. The monoisotopic (exact) mass is 433 g/mol. The second kappa shape index (κ2) is 9.15. The first-order valence-electron chi connectivity index (χ1n) is 10.6. The largest absolute Gasteiger partial charge is 0.463 e. The smallest absolute Gasteiger partial charge is 0.336 e. The number of hydrogen-bond donors (Lipinski definition) is 1. The lowest BCUT2D eigenvalue weighted by Crippen LogP contribution is -2.36. The number of thioether (sulfide) groups is 1. The lowest BCUT2D eigenvalue weighted by atomic mass is 9.72. The molecule has 1 aliphatic heterocycles. The molecule has 0 aromatic heterocycles. The third-order valence-corrected chi connectivity index (χ3v) is 6.79. The molecule has 0 bridgehead atoms. The van der Waals surface area contributed by atoms with Crippen LogP contribution in [-0.2, 0) is 14.3 Å². The first-order valence-corrected chi connectivity index (χ1v) is 11.9. The summed E-state index contributed by atoms with van der Waals surface area (Å²) >= 11 is 1.67. The van der Waals surface area contributed by atoms with E-state index in [1.807, 2.05) is 55.6 Å². The van der Waals surface area contributed by atoms with Crippen molar-refractivity contribution in [1.82, 2.24) is 5.32 Å². The zero-order valence-corrected chi connectivity index (χ0v) is 18.9. The van der Waals surface area contributed by atoms with Gasteiger partial charge < -0.3 is 10.1 Å². The highest BCUT2D eigenvalue weighted by Crippen LogP contribution is 2.45. The Morgan fingerprint density at radius 1 is 1.06 bits per heavy atom. The lowest BCUT2D eigenvalue weighted by molar-refractivity contribution is -0.138. The fraction of sp³-hybridized carbons (Fsp3) is 0.308. The maximum absolute atomic E-state index is 13.5. The summed E-state index contributed by atoms with van der Waals surface area (Å²) in [6.07, 6.45) is 3.22. The van der Waals surface area contributed by atoms with Crippen LogP contribution in [0.5, 0.6) is 0 Å². The summed E-state index contributed by atoms with van der Waals surface area (Å²) in [5.41, 5.74) is 5.04. The number of dihydropyridines is 1. The van der Waals surface area contributed by atoms with Crippen molar-refractivity contribution < 1.29 is 14.3 Å². The van der Waals surface area contributed by atoms with E-state index in [0.29, 0.717) is 24.2 Å². The van der Waals surface area contributed by atoms with Gasteiger partial charge in [0.25, 0.3) is 0 Å². The van der Waals surface area contributed by atoms with E-state index < -0.39 is 5.92 Å². The van der Waals surface area contributed by atoms with Gasteiger partial charge in [0.05, 0.1) is 12.2 Å². The van der Waals surface area contributed by atoms with Gasteiger partial charge in [-0.3, -0.25) is 4.79 Å². The van der Waals surface area contributed by atoms with Crippen LogP contribution < -0.4 is 5.32 Å². The van der Waals surface area contributed by atoms with Crippen molar-refractivity contribution in [1.29, 1.82) is 0 Å². The van der Waals surface area contributed by atoms with Crippen LogP contribution in [0, 0.1) is 0 Å². The SMILES string of the molecule is CCOC(=O)C1=C(C)NC2=C(C(=O)C[C@H](c3ccccc3)C2)[C@@H]1c1ccc(SC)cc1. The van der Waals surface area contributed by atoms with Crippen molar-refractivity contribution in [3.63, 3.8) is 0 Å². The molecule has 0 fully saturated rings. The minimum atomic E-state index is -0.407. The third kappa shape index (κ3) is 4.19. The van der Waals surface area contributed by atoms with Gasteiger partial charge in [0.15, 0.2) is 5.78 Å². The number of ketones is 1. The van der Waals surface area contributed by atoms with E-state index in [2.05, 4.69) is 17.4 Å². The normalized spacial score (nSPS) is 20.9. The molecule has 31 heavy (non-hydrogen) atoms. The molecule has 5 heteroatoms. The number of Topliss-reactive ketones (excluding diaryl/α,β-unsaturated/α-hetero) is 1. The second-order valence-electron chi connectivity index (χ2n) is 7.92. The van der Waals surface area contributed by atoms with E-state index in [1.54, 1.807) is 18.7 Å². The average molecular weight is 434 g/mol. The Bertz CT molecular complexity index is 1050. The van der Waals surface area contributed by atoms with E-state index in [9.17, 15) is 9.59 Å². The average Bonchev–Trinajstić information content (AvgIpc) is 2.78. The topological polar surface area (TPSA) is 55.4 Å². The van der Waals surface area contributed by atoms with Crippen molar-refractivity contribution in [3.05, 3.63) is 88.3 Å². The first-order chi connectivity index (χ1) is 15.0. The van der Waals surface area contributed by atoms with Crippen LogP contribution in [0.3, 0.4) is 0 Å². The quantitative estimate of drug-likeness (QED) is 0.510. The molecular formula is C26H27NO3S. The maximum atomic E-state index is 13.5. The number of nitrogens with one attached hydrogen (secondary N) is 1. The summed E-state index contributed by atoms with van der Waals surface area (Å²) in [5.74, 6) is -0.543. The molecule has 0 amide bonds. The molecule has 0 saturated heterocycles. The zero-order valence-electron chi connectivity index (χ0n) is 18.1. The minimum Gasteiger partial charge on any atom is -0.463 e. The molecule has 1 heterocycles. The molecule has 2 aromatic rings. The fourth-order valence-corrected chi connectivity index (χ4v) is 5.02. The lowest BCUT2D eigenvalue weighted by Gasteiger charge is -2.36. The molecule has 0 unspecified atom stereocenters. The van der Waals surface area contributed by atoms with Gasteiger partial charge in [0, 0.05) is 34.2 Å². The summed E-state index contributed by atoms with van der Waals surface area (Å²) in [6.45, 7) is 3.99. The van der Waals surface area contributed by atoms with Crippen molar-refractivity contribution in [2.75, 3.05) is 12.9 Å². The Kier molecular flexibility index (Phi) is 6.33. The molecule has 1 aliphatic carbocycles. The predicted molar refractivity (Wildman–Crippen MR) is 124 cm³/mol. The Hall–Kier alpha value is -2.79. The molecule has 0 radical (unpaired) electrons. The van der Waals surface area contributed by atoms with Gasteiger partial charge in [0.2, 0.25) is 0 Å². The molecule has 2 aliphatic rings. The second-order valence-corrected chi connectivity index (χ2v) is 8.80. The number of esters is 1. The van der Waals surface area contributed by atoms with Crippen molar-refractivity contribution >= 4 is 23.5 Å². The van der Waals surface area contributed by atoms with Crippen LogP contribution >= 0.6 is 11.8 Å². The van der Waals surface area contributed by atoms with Gasteiger partial charge in [-0.2, -0.15) is 0 Å². The van der Waals surface area contributed by atoms with Crippen LogP contribution in [0.1, 0.15) is 49.7 Å². The summed E-state index contributed by atoms with van der Waals surface area (Å²) in [5, 5.41) is 3.39. The van der Waals surface area contributed by atoms with Crippen LogP contribution in [0.2, 0.25) is 0 Å². The highest BCUT2D eigenvalue weighted by Gasteiger charge is 2.41. The summed E-state index contributed by atoms with van der Waals surface area (Å²) in [6, 6.07) is 18.3. The first kappa shape index (κ1) is 21.4. The fourth-order valence-electron chi connectivity index (χ4n) is 4.61. The van der Waals surface area contributed by atoms with Gasteiger partial charge in [0.1, 0.15) is 0 Å². The summed E-state index contributed by atoms with van der Waals surface area (Å²) in [7, 11) is 0. The van der Waals surface area contributed by atoms with Gasteiger partial charge in [-0.1, -0.05) is 42.5 Å². The molecular weight excluding hydrogens is 406 g/mol. The number of rotatable bonds is 5. The van der Waals surface area contributed by atoms with Crippen LogP contribution in [0.25, 0.3) is 0 Å². The highest BCUT2D eigenvalue weighted by molar-refractivity contribution is 7.98. The van der Waals surface area contributed by atoms with Crippen LogP contribution in [-0.4, -0.2) is 24.6 Å². The third-order valence-electron chi connectivity index (χ3n) is 6.04. The molecule has 4 rings (SSSR count). The van der Waals surface area contributed by atoms with E-state index in [1.165, 1.54) is 5.56 Å². The molecule has 0 saturated carbocycles. The Morgan fingerprint density at radius 3 is 2.42 bits per heavy atom. The highest BCUT2D eigenvalue weighted by atomic mass is 32.2.